The number of hydrogen-bond acceptors (Lipinski definition) is 8. The van der Waals surface area contributed by atoms with E-state index in [-0.39, 0.29) is 40.8 Å². The summed E-state index contributed by atoms with van der Waals surface area (Å²) in [7, 11) is 0. The minimum atomic E-state index is -0.568. The molecule has 1 aliphatic heterocycles. The molecule has 0 radical (unpaired) electrons. The van der Waals surface area contributed by atoms with Crippen LogP contribution in [0.4, 0.5) is 10.5 Å². The van der Waals surface area contributed by atoms with E-state index in [1.54, 1.807) is 55.5 Å². The Hall–Kier alpha value is -3.96. The first kappa shape index (κ1) is 26.1. The molecule has 0 N–H and O–H groups in total. The average Bonchev–Trinajstić information content (AvgIpc) is 3.14. The number of ether oxygens (including phenoxy) is 2. The molecule has 3 aromatic carbocycles. The third kappa shape index (κ3) is 5.89. The second kappa shape index (κ2) is 11.4. The number of nitro groups is 1. The van der Waals surface area contributed by atoms with E-state index < -0.39 is 22.0 Å². The molecule has 0 aromatic heterocycles. The first-order valence-electron chi connectivity index (χ1n) is 11.0. The topological polar surface area (TPSA) is 116 Å². The molecule has 1 aliphatic rings. The molecule has 11 heteroatoms. The van der Waals surface area contributed by atoms with Crippen molar-refractivity contribution in [3.05, 3.63) is 103 Å². The molecule has 0 bridgehead atoms. The number of carbonyl (C=O) groups excluding carboxylic acids is 3. The predicted molar refractivity (Wildman–Crippen MR) is 141 cm³/mol. The normalized spacial score (nSPS) is 14.2. The van der Waals surface area contributed by atoms with Crippen molar-refractivity contribution in [2.24, 2.45) is 0 Å². The average molecular weight is 583 g/mol. The van der Waals surface area contributed by atoms with Gasteiger partial charge in [-0.3, -0.25) is 24.6 Å². The molecule has 0 spiro atoms. The van der Waals surface area contributed by atoms with Gasteiger partial charge in [-0.25, -0.2) is 4.79 Å². The molecule has 0 aliphatic carbocycles. The van der Waals surface area contributed by atoms with Crippen LogP contribution in [0, 0.1) is 10.1 Å². The number of carbonyl (C=O) groups is 3. The zero-order valence-corrected chi connectivity index (χ0v) is 21.8. The number of halogens is 1. The molecule has 2 amide bonds. The molecule has 188 valence electrons. The first-order valence-corrected chi connectivity index (χ1v) is 12.6. The zero-order chi connectivity index (χ0) is 26.5. The molecule has 9 nitrogen and oxygen atoms in total. The van der Waals surface area contributed by atoms with Gasteiger partial charge in [0, 0.05) is 11.6 Å². The number of nitrogens with zero attached hydrogens (tertiary/aromatic N) is 2. The molecule has 1 fully saturated rings. The van der Waals surface area contributed by atoms with E-state index in [0.29, 0.717) is 15.6 Å². The summed E-state index contributed by atoms with van der Waals surface area (Å²) in [5.74, 6) is -0.683. The lowest BCUT2D eigenvalue weighted by Gasteiger charge is -2.14. The van der Waals surface area contributed by atoms with Crippen molar-refractivity contribution < 1.29 is 28.8 Å². The Morgan fingerprint density at radius 2 is 1.81 bits per heavy atom. The fourth-order valence-electron chi connectivity index (χ4n) is 3.54. The van der Waals surface area contributed by atoms with Crippen LogP contribution in [-0.4, -0.2) is 33.5 Å². The van der Waals surface area contributed by atoms with Gasteiger partial charge in [-0.2, -0.15) is 0 Å². The van der Waals surface area contributed by atoms with Gasteiger partial charge in [-0.15, -0.1) is 0 Å². The maximum atomic E-state index is 13.0. The highest BCUT2D eigenvalue weighted by atomic mass is 79.9. The fourth-order valence-corrected chi connectivity index (χ4v) is 4.92. The van der Waals surface area contributed by atoms with Crippen molar-refractivity contribution in [3.63, 3.8) is 0 Å². The van der Waals surface area contributed by atoms with Gasteiger partial charge in [0.15, 0.2) is 11.5 Å². The number of nitro benzene ring substituents is 1. The van der Waals surface area contributed by atoms with Crippen LogP contribution < -0.4 is 9.47 Å². The lowest BCUT2D eigenvalue weighted by molar-refractivity contribution is -0.385. The zero-order valence-electron chi connectivity index (χ0n) is 19.4. The van der Waals surface area contributed by atoms with E-state index in [4.69, 9.17) is 9.47 Å². The standard InChI is InChI=1S/C26H19BrN2O7S/c1-2-35-21-13-16(12-19(27)23(21)36-25(31)17-8-4-3-5-9-17)14-22-24(30)28(26(32)37-22)15-18-10-6-7-11-20(18)29(33)34/h3-14H,2,15H2,1H3/b22-14-. The van der Waals surface area contributed by atoms with E-state index in [1.165, 1.54) is 24.3 Å². The lowest BCUT2D eigenvalue weighted by Crippen LogP contribution is -2.27. The van der Waals surface area contributed by atoms with Gasteiger partial charge in [0.1, 0.15) is 0 Å². The Bertz CT molecular complexity index is 1430. The SMILES string of the molecule is CCOc1cc(/C=C2\SC(=O)N(Cc3ccccc3[N+](=O)[O-])C2=O)cc(Br)c1OC(=O)c1ccccc1. The van der Waals surface area contributed by atoms with Crippen molar-refractivity contribution in [3.8, 4) is 11.5 Å². The summed E-state index contributed by atoms with van der Waals surface area (Å²) in [4.78, 5) is 50.0. The third-order valence-electron chi connectivity index (χ3n) is 5.22. The summed E-state index contributed by atoms with van der Waals surface area (Å²) in [5, 5.41) is 10.8. The molecule has 4 rings (SSSR count). The maximum absolute atomic E-state index is 13.0. The van der Waals surface area contributed by atoms with Gasteiger partial charge in [-0.05, 0) is 70.5 Å². The third-order valence-corrected chi connectivity index (χ3v) is 6.72. The first-order chi connectivity index (χ1) is 17.8. The highest BCUT2D eigenvalue weighted by molar-refractivity contribution is 9.10. The van der Waals surface area contributed by atoms with Crippen LogP contribution >= 0.6 is 27.7 Å². The minimum absolute atomic E-state index is 0.145. The predicted octanol–water partition coefficient (Wildman–Crippen LogP) is 6.21. The van der Waals surface area contributed by atoms with Crippen molar-refractivity contribution in [1.82, 2.24) is 4.90 Å². The van der Waals surface area contributed by atoms with Crippen LogP contribution in [0.25, 0.3) is 6.08 Å². The summed E-state index contributed by atoms with van der Waals surface area (Å²) in [5.41, 5.74) is 0.970. The van der Waals surface area contributed by atoms with E-state index in [1.807, 2.05) is 0 Å². The summed E-state index contributed by atoms with van der Waals surface area (Å²) in [6.07, 6.45) is 1.51. The van der Waals surface area contributed by atoms with Gasteiger partial charge >= 0.3 is 5.97 Å². The molecule has 1 saturated heterocycles. The lowest BCUT2D eigenvalue weighted by atomic mass is 10.1. The van der Waals surface area contributed by atoms with Gasteiger partial charge in [0.25, 0.3) is 16.8 Å². The number of thioether (sulfide) groups is 1. The van der Waals surface area contributed by atoms with Crippen LogP contribution in [0.1, 0.15) is 28.4 Å². The molecule has 0 saturated carbocycles. The molecular weight excluding hydrogens is 564 g/mol. The number of benzene rings is 3. The van der Waals surface area contributed by atoms with Crippen molar-refractivity contribution in [1.29, 1.82) is 0 Å². The number of amides is 2. The van der Waals surface area contributed by atoms with Crippen molar-refractivity contribution >= 4 is 56.6 Å². The molecule has 37 heavy (non-hydrogen) atoms. The number of rotatable bonds is 8. The molecule has 0 unspecified atom stereocenters. The van der Waals surface area contributed by atoms with Crippen LogP contribution in [0.2, 0.25) is 0 Å². The second-order valence-corrected chi connectivity index (χ2v) is 9.52. The van der Waals surface area contributed by atoms with Gasteiger partial charge < -0.3 is 9.47 Å². The molecule has 0 atom stereocenters. The largest absolute Gasteiger partial charge is 0.490 e. The highest BCUT2D eigenvalue weighted by Gasteiger charge is 2.36. The quantitative estimate of drug-likeness (QED) is 0.101. The maximum Gasteiger partial charge on any atom is 0.343 e. The summed E-state index contributed by atoms with van der Waals surface area (Å²) in [6, 6.07) is 17.7. The molecule has 1 heterocycles. The van der Waals surface area contributed by atoms with Crippen molar-refractivity contribution in [2.45, 2.75) is 13.5 Å². The summed E-state index contributed by atoms with van der Waals surface area (Å²) < 4.78 is 11.7. The Morgan fingerprint density at radius 1 is 1.11 bits per heavy atom. The monoisotopic (exact) mass is 582 g/mol. The smallest absolute Gasteiger partial charge is 0.343 e. The van der Waals surface area contributed by atoms with Crippen LogP contribution in [-0.2, 0) is 11.3 Å². The van der Waals surface area contributed by atoms with Gasteiger partial charge in [0.2, 0.25) is 0 Å². The van der Waals surface area contributed by atoms with Gasteiger partial charge in [-0.1, -0.05) is 36.4 Å². The van der Waals surface area contributed by atoms with Crippen LogP contribution in [0.5, 0.6) is 11.5 Å². The number of imide groups is 1. The van der Waals surface area contributed by atoms with Crippen molar-refractivity contribution in [2.75, 3.05) is 6.61 Å². The molecule has 3 aromatic rings. The minimum Gasteiger partial charge on any atom is -0.490 e. The van der Waals surface area contributed by atoms with Gasteiger partial charge in [0.05, 0.1) is 33.0 Å². The fraction of sp³-hybridized carbons (Fsp3) is 0.115. The van der Waals surface area contributed by atoms with E-state index in [2.05, 4.69) is 15.9 Å². The van der Waals surface area contributed by atoms with Crippen LogP contribution in [0.15, 0.2) is 76.1 Å². The number of hydrogen-bond donors (Lipinski definition) is 0. The van der Waals surface area contributed by atoms with E-state index >= 15 is 0 Å². The summed E-state index contributed by atoms with van der Waals surface area (Å²) in [6.45, 7) is 1.84. The van der Waals surface area contributed by atoms with E-state index in [9.17, 15) is 24.5 Å². The Kier molecular flexibility index (Phi) is 8.04. The number of para-hydroxylation sites is 1. The number of esters is 1. The highest BCUT2D eigenvalue weighted by Crippen LogP contribution is 2.40. The summed E-state index contributed by atoms with van der Waals surface area (Å²) >= 11 is 4.14. The Labute approximate surface area is 224 Å². The molecular formula is C26H19BrN2O7S. The van der Waals surface area contributed by atoms with E-state index in [0.717, 1.165) is 16.7 Å². The second-order valence-electron chi connectivity index (χ2n) is 7.67. The Morgan fingerprint density at radius 3 is 2.51 bits per heavy atom. The van der Waals surface area contributed by atoms with Crippen LogP contribution in [0.3, 0.4) is 0 Å². The Balaban J connectivity index is 1.60.